The number of nitrogens with zero attached hydrogens (tertiary/aromatic N) is 1. The smallest absolute Gasteiger partial charge is 0.326 e. The summed E-state index contributed by atoms with van der Waals surface area (Å²) in [7, 11) is 1.50. The molecule has 3 atom stereocenters. The molecule has 2 amide bonds. The van der Waals surface area contributed by atoms with E-state index in [0.29, 0.717) is 31.5 Å². The van der Waals surface area contributed by atoms with Crippen molar-refractivity contribution in [3.05, 3.63) is 0 Å². The lowest BCUT2D eigenvalue weighted by Crippen LogP contribution is -2.47. The van der Waals surface area contributed by atoms with Crippen molar-refractivity contribution in [1.82, 2.24) is 10.2 Å². The summed E-state index contributed by atoms with van der Waals surface area (Å²) in [5.74, 6) is -0.114. The maximum atomic E-state index is 11.9. The van der Waals surface area contributed by atoms with Crippen LogP contribution in [-0.4, -0.2) is 54.9 Å². The first-order valence-electron chi connectivity index (χ1n) is 6.22. The van der Waals surface area contributed by atoms with Crippen LogP contribution >= 0.6 is 0 Å². The van der Waals surface area contributed by atoms with Gasteiger partial charge in [-0.1, -0.05) is 13.8 Å². The highest BCUT2D eigenvalue weighted by Gasteiger charge is 2.31. The number of carboxylic acids is 1. The molecule has 1 heterocycles. The summed E-state index contributed by atoms with van der Waals surface area (Å²) in [4.78, 5) is 24.6. The Kier molecular flexibility index (Phi) is 5.40. The van der Waals surface area contributed by atoms with Crippen LogP contribution in [-0.2, 0) is 9.53 Å². The lowest BCUT2D eigenvalue weighted by Gasteiger charge is -2.20. The van der Waals surface area contributed by atoms with Crippen LogP contribution in [0.25, 0.3) is 0 Å². The van der Waals surface area contributed by atoms with E-state index in [0.717, 1.165) is 0 Å². The number of carbonyl (C=O) groups excluding carboxylic acids is 1. The SMILES string of the molecule is COCCC(NC(=O)N1CC(C)C(C)C1)C(=O)O. The Morgan fingerprint density at radius 2 is 1.94 bits per heavy atom. The van der Waals surface area contributed by atoms with Gasteiger partial charge in [-0.05, 0) is 11.8 Å². The molecule has 6 heteroatoms. The van der Waals surface area contributed by atoms with Crippen LogP contribution in [0.1, 0.15) is 20.3 Å². The fourth-order valence-electron chi connectivity index (χ4n) is 2.03. The maximum Gasteiger partial charge on any atom is 0.326 e. The summed E-state index contributed by atoms with van der Waals surface area (Å²) < 4.78 is 4.84. The summed E-state index contributed by atoms with van der Waals surface area (Å²) in [5, 5.41) is 11.5. The van der Waals surface area contributed by atoms with Gasteiger partial charge < -0.3 is 20.1 Å². The third kappa shape index (κ3) is 3.87. The van der Waals surface area contributed by atoms with E-state index >= 15 is 0 Å². The first kappa shape index (κ1) is 14.8. The standard InChI is InChI=1S/C12H22N2O4/c1-8-6-14(7-9(8)2)12(17)13-10(11(15)16)4-5-18-3/h8-10H,4-7H2,1-3H3,(H,13,17)(H,15,16). The van der Waals surface area contributed by atoms with E-state index in [1.54, 1.807) is 4.90 Å². The number of rotatable bonds is 5. The average molecular weight is 258 g/mol. The van der Waals surface area contributed by atoms with Crippen LogP contribution in [0.5, 0.6) is 0 Å². The largest absolute Gasteiger partial charge is 0.480 e. The zero-order chi connectivity index (χ0) is 13.7. The molecule has 3 unspecified atom stereocenters. The van der Waals surface area contributed by atoms with Crippen LogP contribution in [0.2, 0.25) is 0 Å². The van der Waals surface area contributed by atoms with Gasteiger partial charge in [0.1, 0.15) is 6.04 Å². The van der Waals surface area contributed by atoms with Crippen molar-refractivity contribution in [2.24, 2.45) is 11.8 Å². The van der Waals surface area contributed by atoms with Crippen LogP contribution in [0.3, 0.4) is 0 Å². The fraction of sp³-hybridized carbons (Fsp3) is 0.833. The average Bonchev–Trinajstić information content (AvgIpc) is 2.64. The van der Waals surface area contributed by atoms with Gasteiger partial charge in [-0.3, -0.25) is 0 Å². The molecule has 104 valence electrons. The van der Waals surface area contributed by atoms with Gasteiger partial charge in [0, 0.05) is 33.2 Å². The zero-order valence-electron chi connectivity index (χ0n) is 11.2. The monoisotopic (exact) mass is 258 g/mol. The van der Waals surface area contributed by atoms with Gasteiger partial charge >= 0.3 is 12.0 Å². The molecule has 0 bridgehead atoms. The first-order chi connectivity index (χ1) is 8.45. The maximum absolute atomic E-state index is 11.9. The number of likely N-dealkylation sites (tertiary alicyclic amines) is 1. The number of aliphatic carboxylic acids is 1. The molecule has 0 radical (unpaired) electrons. The normalized spacial score (nSPS) is 24.9. The van der Waals surface area contributed by atoms with E-state index < -0.39 is 12.0 Å². The van der Waals surface area contributed by atoms with E-state index in [1.807, 2.05) is 0 Å². The molecule has 1 aliphatic heterocycles. The lowest BCUT2D eigenvalue weighted by atomic mass is 10.0. The number of amides is 2. The second-order valence-electron chi connectivity index (χ2n) is 4.98. The van der Waals surface area contributed by atoms with Gasteiger partial charge in [0.25, 0.3) is 0 Å². The number of nitrogens with one attached hydrogen (secondary N) is 1. The Hall–Kier alpha value is -1.30. The number of carbonyl (C=O) groups is 2. The minimum Gasteiger partial charge on any atom is -0.480 e. The third-order valence-corrected chi connectivity index (χ3v) is 3.48. The molecular weight excluding hydrogens is 236 g/mol. The zero-order valence-corrected chi connectivity index (χ0v) is 11.2. The van der Waals surface area contributed by atoms with Crippen molar-refractivity contribution in [3.63, 3.8) is 0 Å². The molecule has 0 aliphatic carbocycles. The predicted molar refractivity (Wildman–Crippen MR) is 66.3 cm³/mol. The van der Waals surface area contributed by atoms with Gasteiger partial charge in [0.2, 0.25) is 0 Å². The predicted octanol–water partition coefficient (Wildman–Crippen LogP) is 0.773. The molecule has 0 aromatic carbocycles. The van der Waals surface area contributed by atoms with Gasteiger partial charge in [0.05, 0.1) is 0 Å². The molecule has 1 aliphatic rings. The Morgan fingerprint density at radius 1 is 1.39 bits per heavy atom. The number of hydrogen-bond acceptors (Lipinski definition) is 3. The van der Waals surface area contributed by atoms with Crippen LogP contribution in [0.15, 0.2) is 0 Å². The highest BCUT2D eigenvalue weighted by atomic mass is 16.5. The molecule has 0 aromatic rings. The molecule has 6 nitrogen and oxygen atoms in total. The van der Waals surface area contributed by atoms with E-state index in [-0.39, 0.29) is 12.5 Å². The second kappa shape index (κ2) is 6.58. The Balaban J connectivity index is 2.48. The molecule has 1 saturated heterocycles. The van der Waals surface area contributed by atoms with Crippen molar-refractivity contribution in [3.8, 4) is 0 Å². The number of urea groups is 1. The lowest BCUT2D eigenvalue weighted by molar-refractivity contribution is -0.139. The number of carboxylic acid groups (broad SMARTS) is 1. The van der Waals surface area contributed by atoms with E-state index in [2.05, 4.69) is 19.2 Å². The summed E-state index contributed by atoms with van der Waals surface area (Å²) >= 11 is 0. The van der Waals surface area contributed by atoms with Crippen molar-refractivity contribution >= 4 is 12.0 Å². The number of methoxy groups -OCH3 is 1. The van der Waals surface area contributed by atoms with Crippen molar-refractivity contribution in [2.75, 3.05) is 26.8 Å². The van der Waals surface area contributed by atoms with Crippen LogP contribution in [0.4, 0.5) is 4.79 Å². The topological polar surface area (TPSA) is 78.9 Å². The van der Waals surface area contributed by atoms with E-state index in [4.69, 9.17) is 9.84 Å². The number of ether oxygens (including phenoxy) is 1. The van der Waals surface area contributed by atoms with Gasteiger partial charge in [-0.2, -0.15) is 0 Å². The van der Waals surface area contributed by atoms with E-state index in [1.165, 1.54) is 7.11 Å². The molecule has 0 aromatic heterocycles. The van der Waals surface area contributed by atoms with Crippen molar-refractivity contribution in [1.29, 1.82) is 0 Å². The van der Waals surface area contributed by atoms with Gasteiger partial charge in [0.15, 0.2) is 0 Å². The van der Waals surface area contributed by atoms with Gasteiger partial charge in [-0.15, -0.1) is 0 Å². The fourth-order valence-corrected chi connectivity index (χ4v) is 2.03. The Labute approximate surface area is 107 Å². The quantitative estimate of drug-likeness (QED) is 0.763. The molecule has 18 heavy (non-hydrogen) atoms. The Morgan fingerprint density at radius 3 is 2.39 bits per heavy atom. The molecule has 0 saturated carbocycles. The molecule has 2 N–H and O–H groups in total. The molecule has 1 rings (SSSR count). The minimum absolute atomic E-state index is 0.274. The van der Waals surface area contributed by atoms with Crippen molar-refractivity contribution < 1.29 is 19.4 Å². The number of hydrogen-bond donors (Lipinski definition) is 2. The van der Waals surface area contributed by atoms with E-state index in [9.17, 15) is 9.59 Å². The molecule has 0 spiro atoms. The highest BCUT2D eigenvalue weighted by Crippen LogP contribution is 2.21. The summed E-state index contributed by atoms with van der Waals surface area (Å²) in [6.45, 7) is 5.87. The van der Waals surface area contributed by atoms with Crippen LogP contribution in [0, 0.1) is 11.8 Å². The highest BCUT2D eigenvalue weighted by molar-refractivity contribution is 5.82. The van der Waals surface area contributed by atoms with Gasteiger partial charge in [-0.25, -0.2) is 9.59 Å². The summed E-state index contributed by atoms with van der Waals surface area (Å²) in [5.41, 5.74) is 0. The second-order valence-corrected chi connectivity index (χ2v) is 4.98. The third-order valence-electron chi connectivity index (χ3n) is 3.48. The molecule has 1 fully saturated rings. The first-order valence-corrected chi connectivity index (χ1v) is 6.22. The Bertz CT molecular complexity index is 298. The summed E-state index contributed by atoms with van der Waals surface area (Å²) in [6.07, 6.45) is 0.274. The molecular formula is C12H22N2O4. The minimum atomic E-state index is -1.03. The van der Waals surface area contributed by atoms with Crippen LogP contribution < -0.4 is 5.32 Å². The van der Waals surface area contributed by atoms with Crippen molar-refractivity contribution in [2.45, 2.75) is 26.3 Å². The summed E-state index contributed by atoms with van der Waals surface area (Å²) in [6, 6.07) is -1.18.